The van der Waals surface area contributed by atoms with Gasteiger partial charge in [-0.3, -0.25) is 9.59 Å². The molecule has 0 aliphatic heterocycles. The molecule has 9 heteroatoms. The van der Waals surface area contributed by atoms with Crippen molar-refractivity contribution < 1.29 is 4.79 Å². The van der Waals surface area contributed by atoms with Gasteiger partial charge >= 0.3 is 0 Å². The van der Waals surface area contributed by atoms with Crippen LogP contribution in [0.25, 0.3) is 21.3 Å². The zero-order valence-corrected chi connectivity index (χ0v) is 17.9. The van der Waals surface area contributed by atoms with Crippen LogP contribution < -0.4 is 10.9 Å². The number of fused-ring (bicyclic) bond motifs is 1. The molecule has 2 heterocycles. The van der Waals surface area contributed by atoms with Crippen LogP contribution in [-0.4, -0.2) is 21.6 Å². The molecule has 2 aromatic carbocycles. The van der Waals surface area contributed by atoms with Crippen molar-refractivity contribution in [2.45, 2.75) is 5.16 Å². The summed E-state index contributed by atoms with van der Waals surface area (Å²) in [5.41, 5.74) is 2.10. The van der Waals surface area contributed by atoms with Crippen LogP contribution in [0.15, 0.2) is 63.9 Å². The van der Waals surface area contributed by atoms with Crippen molar-refractivity contribution in [1.82, 2.24) is 9.97 Å². The molecule has 0 aliphatic rings. The third kappa shape index (κ3) is 4.64. The number of thiophene rings is 1. The number of benzene rings is 2. The van der Waals surface area contributed by atoms with Crippen LogP contribution in [0.3, 0.4) is 0 Å². The van der Waals surface area contributed by atoms with Crippen molar-refractivity contribution >= 4 is 68.1 Å². The number of halogens is 2. The number of aromatic amines is 1. The number of hydrogen-bond acceptors (Lipinski definition) is 5. The molecule has 4 aromatic rings. The number of hydrogen-bond donors (Lipinski definition) is 2. The van der Waals surface area contributed by atoms with Crippen LogP contribution in [0.2, 0.25) is 10.0 Å². The minimum Gasteiger partial charge on any atom is -0.325 e. The van der Waals surface area contributed by atoms with Crippen LogP contribution in [0, 0.1) is 0 Å². The number of thioether (sulfide) groups is 1. The second kappa shape index (κ2) is 8.59. The number of aromatic nitrogens is 2. The average Bonchev–Trinajstić information content (AvgIpc) is 3.11. The molecule has 0 saturated carbocycles. The summed E-state index contributed by atoms with van der Waals surface area (Å²) in [7, 11) is 0. The lowest BCUT2D eigenvalue weighted by Crippen LogP contribution is -2.15. The summed E-state index contributed by atoms with van der Waals surface area (Å²) in [6.45, 7) is 0. The minimum atomic E-state index is -0.257. The second-order valence-corrected chi connectivity index (χ2v) is 8.76. The predicted octanol–water partition coefficient (Wildman–Crippen LogP) is 5.69. The third-order valence-corrected chi connectivity index (χ3v) is 6.18. The molecule has 0 atom stereocenters. The van der Waals surface area contributed by atoms with Gasteiger partial charge in [0.25, 0.3) is 5.56 Å². The number of H-pyrrole nitrogens is 1. The van der Waals surface area contributed by atoms with Crippen molar-refractivity contribution in [3.05, 3.63) is 74.3 Å². The quantitative estimate of drug-likeness (QED) is 0.295. The van der Waals surface area contributed by atoms with E-state index in [0.29, 0.717) is 31.1 Å². The van der Waals surface area contributed by atoms with Crippen LogP contribution >= 0.6 is 46.3 Å². The van der Waals surface area contributed by atoms with Gasteiger partial charge in [0.2, 0.25) is 5.91 Å². The largest absolute Gasteiger partial charge is 0.325 e. The molecule has 0 aliphatic carbocycles. The Morgan fingerprint density at radius 1 is 1.14 bits per heavy atom. The number of nitrogens with one attached hydrogen (secondary N) is 2. The van der Waals surface area contributed by atoms with E-state index in [1.807, 2.05) is 35.7 Å². The lowest BCUT2D eigenvalue weighted by atomic mass is 10.1. The smallest absolute Gasteiger partial charge is 0.260 e. The van der Waals surface area contributed by atoms with E-state index < -0.39 is 0 Å². The van der Waals surface area contributed by atoms with E-state index in [0.717, 1.165) is 22.9 Å². The van der Waals surface area contributed by atoms with E-state index in [9.17, 15) is 9.59 Å². The van der Waals surface area contributed by atoms with Gasteiger partial charge in [-0.2, -0.15) is 0 Å². The molecule has 1 amide bonds. The topological polar surface area (TPSA) is 74.8 Å². The first-order valence-electron chi connectivity index (χ1n) is 8.45. The number of amides is 1. The van der Waals surface area contributed by atoms with Gasteiger partial charge in [-0.1, -0.05) is 65.3 Å². The van der Waals surface area contributed by atoms with Crippen LogP contribution in [0.1, 0.15) is 0 Å². The highest BCUT2D eigenvalue weighted by molar-refractivity contribution is 7.99. The van der Waals surface area contributed by atoms with E-state index in [1.165, 1.54) is 11.3 Å². The predicted molar refractivity (Wildman–Crippen MR) is 121 cm³/mol. The molecule has 2 aromatic heterocycles. The summed E-state index contributed by atoms with van der Waals surface area (Å²) in [4.78, 5) is 32.7. The summed E-state index contributed by atoms with van der Waals surface area (Å²) in [6.07, 6.45) is 0. The fraction of sp³-hybridized carbons (Fsp3) is 0.0500. The Balaban J connectivity index is 1.50. The van der Waals surface area contributed by atoms with Gasteiger partial charge in [0.15, 0.2) is 5.16 Å². The Labute approximate surface area is 184 Å². The molecule has 0 spiro atoms. The van der Waals surface area contributed by atoms with Gasteiger partial charge < -0.3 is 10.3 Å². The fourth-order valence-electron chi connectivity index (χ4n) is 2.78. The second-order valence-electron chi connectivity index (χ2n) is 6.06. The maximum absolute atomic E-state index is 12.6. The molecule has 0 fully saturated rings. The first kappa shape index (κ1) is 20.0. The number of carbonyl (C=O) groups is 1. The number of rotatable bonds is 5. The summed E-state index contributed by atoms with van der Waals surface area (Å²) in [5.74, 6) is -0.178. The van der Waals surface area contributed by atoms with Gasteiger partial charge in [-0.25, -0.2) is 4.98 Å². The zero-order valence-electron chi connectivity index (χ0n) is 14.7. The van der Waals surface area contributed by atoms with Crippen molar-refractivity contribution in [2.75, 3.05) is 11.1 Å². The minimum absolute atomic E-state index is 0.0789. The molecule has 0 saturated heterocycles. The van der Waals surface area contributed by atoms with Gasteiger partial charge in [-0.15, -0.1) is 11.3 Å². The van der Waals surface area contributed by atoms with Gasteiger partial charge in [0.1, 0.15) is 4.83 Å². The molecule has 2 N–H and O–H groups in total. The fourth-order valence-corrected chi connectivity index (χ4v) is 4.98. The summed E-state index contributed by atoms with van der Waals surface area (Å²) < 4.78 is 0. The van der Waals surface area contributed by atoms with Crippen molar-refractivity contribution in [1.29, 1.82) is 0 Å². The molecular formula is C20H13Cl2N3O2S2. The highest BCUT2D eigenvalue weighted by atomic mass is 35.5. The van der Waals surface area contributed by atoms with E-state index in [2.05, 4.69) is 15.3 Å². The summed E-state index contributed by atoms with van der Waals surface area (Å²) in [6, 6.07) is 14.5. The van der Waals surface area contributed by atoms with Gasteiger partial charge in [0, 0.05) is 26.7 Å². The molecule has 0 bridgehead atoms. The number of carbonyl (C=O) groups excluding carboxylic acids is 1. The first-order valence-corrected chi connectivity index (χ1v) is 11.1. The highest BCUT2D eigenvalue weighted by Gasteiger charge is 2.14. The SMILES string of the molecule is O=C(CSc1nc2scc(-c3ccccc3)c2c(=O)[nH]1)Nc1cc(Cl)cc(Cl)c1. The van der Waals surface area contributed by atoms with Crippen molar-refractivity contribution in [2.24, 2.45) is 0 Å². The summed E-state index contributed by atoms with van der Waals surface area (Å²) >= 11 is 14.4. The average molecular weight is 462 g/mol. The first-order chi connectivity index (χ1) is 14.0. The molecule has 0 unspecified atom stereocenters. The Morgan fingerprint density at radius 2 is 1.86 bits per heavy atom. The molecule has 146 valence electrons. The molecule has 4 rings (SSSR count). The van der Waals surface area contributed by atoms with E-state index in [-0.39, 0.29) is 17.2 Å². The monoisotopic (exact) mass is 461 g/mol. The van der Waals surface area contributed by atoms with E-state index in [1.54, 1.807) is 18.2 Å². The standard InChI is InChI=1S/C20H13Cl2N3O2S2/c21-12-6-13(22)8-14(7-12)23-16(26)10-29-20-24-18(27)17-15(9-28-19(17)25-20)11-4-2-1-3-5-11/h1-9H,10H2,(H,23,26)(H,24,25,27). The van der Waals surface area contributed by atoms with Crippen molar-refractivity contribution in [3.63, 3.8) is 0 Å². The Morgan fingerprint density at radius 3 is 2.59 bits per heavy atom. The number of anilines is 1. The van der Waals surface area contributed by atoms with Gasteiger partial charge in [0.05, 0.1) is 11.1 Å². The lowest BCUT2D eigenvalue weighted by molar-refractivity contribution is -0.113. The lowest BCUT2D eigenvalue weighted by Gasteiger charge is -2.06. The van der Waals surface area contributed by atoms with Crippen LogP contribution in [0.5, 0.6) is 0 Å². The molecule has 5 nitrogen and oxygen atoms in total. The summed E-state index contributed by atoms with van der Waals surface area (Å²) in [5, 5.41) is 6.47. The highest BCUT2D eigenvalue weighted by Crippen LogP contribution is 2.31. The molecule has 29 heavy (non-hydrogen) atoms. The number of nitrogens with zero attached hydrogens (tertiary/aromatic N) is 1. The van der Waals surface area contributed by atoms with Crippen LogP contribution in [0.4, 0.5) is 5.69 Å². The Bertz CT molecular complexity index is 1240. The molecular weight excluding hydrogens is 449 g/mol. The Hall–Kier alpha value is -2.32. The van der Waals surface area contributed by atoms with Gasteiger partial charge in [-0.05, 0) is 23.8 Å². The van der Waals surface area contributed by atoms with Crippen molar-refractivity contribution in [3.8, 4) is 11.1 Å². The maximum Gasteiger partial charge on any atom is 0.260 e. The third-order valence-electron chi connectivity index (χ3n) is 3.99. The normalized spacial score (nSPS) is 11.0. The maximum atomic E-state index is 12.6. The van der Waals surface area contributed by atoms with Crippen LogP contribution in [-0.2, 0) is 4.79 Å². The van der Waals surface area contributed by atoms with E-state index >= 15 is 0 Å². The molecule has 0 radical (unpaired) electrons. The zero-order chi connectivity index (χ0) is 20.4. The Kier molecular flexibility index (Phi) is 5.91. The van der Waals surface area contributed by atoms with E-state index in [4.69, 9.17) is 23.2 Å².